The van der Waals surface area contributed by atoms with E-state index in [-0.39, 0.29) is 11.8 Å². The molecule has 1 aliphatic rings. The quantitative estimate of drug-likeness (QED) is 0.835. The van der Waals surface area contributed by atoms with Gasteiger partial charge < -0.3 is 23.8 Å². The van der Waals surface area contributed by atoms with E-state index >= 15 is 0 Å². The summed E-state index contributed by atoms with van der Waals surface area (Å²) >= 11 is 0. The van der Waals surface area contributed by atoms with Gasteiger partial charge in [-0.05, 0) is 18.2 Å². The van der Waals surface area contributed by atoms with Crippen molar-refractivity contribution in [3.05, 3.63) is 47.8 Å². The molecule has 0 N–H and O–H groups in total. The Bertz CT molecular complexity index is 785. The van der Waals surface area contributed by atoms with Gasteiger partial charge in [0.05, 0.1) is 19.8 Å². The van der Waals surface area contributed by atoms with E-state index < -0.39 is 0 Å². The molecule has 7 nitrogen and oxygen atoms in total. The van der Waals surface area contributed by atoms with Gasteiger partial charge in [0.1, 0.15) is 17.1 Å². The van der Waals surface area contributed by atoms with Crippen LogP contribution in [0.15, 0.2) is 36.7 Å². The van der Waals surface area contributed by atoms with E-state index in [9.17, 15) is 9.59 Å². The van der Waals surface area contributed by atoms with Gasteiger partial charge in [-0.2, -0.15) is 0 Å². The molecule has 7 heteroatoms. The van der Waals surface area contributed by atoms with Crippen molar-refractivity contribution in [2.75, 3.05) is 40.4 Å². The van der Waals surface area contributed by atoms with E-state index in [1.807, 2.05) is 17.8 Å². The highest BCUT2D eigenvalue weighted by molar-refractivity contribution is 6.00. The number of benzene rings is 1. The van der Waals surface area contributed by atoms with Crippen molar-refractivity contribution >= 4 is 11.8 Å². The molecule has 1 aromatic carbocycles. The van der Waals surface area contributed by atoms with Crippen molar-refractivity contribution in [3.63, 3.8) is 0 Å². The fourth-order valence-electron chi connectivity index (χ4n) is 3.15. The number of nitrogens with zero attached hydrogens (tertiary/aromatic N) is 3. The lowest BCUT2D eigenvalue weighted by molar-refractivity contribution is 0.0531. The Balaban J connectivity index is 1.70. The van der Waals surface area contributed by atoms with Crippen LogP contribution in [0.25, 0.3) is 0 Å². The minimum absolute atomic E-state index is 0.00688. The lowest BCUT2D eigenvalue weighted by Gasteiger charge is -2.35. The van der Waals surface area contributed by atoms with Crippen LogP contribution in [-0.4, -0.2) is 66.6 Å². The maximum atomic E-state index is 13.0. The van der Waals surface area contributed by atoms with Crippen LogP contribution >= 0.6 is 0 Å². The fraction of sp³-hybridized carbons (Fsp3) is 0.368. The van der Waals surface area contributed by atoms with E-state index in [1.54, 1.807) is 40.3 Å². The van der Waals surface area contributed by atoms with Crippen LogP contribution in [0.2, 0.25) is 0 Å². The second kappa shape index (κ2) is 7.51. The number of carbonyl (C=O) groups is 2. The van der Waals surface area contributed by atoms with Gasteiger partial charge in [0.2, 0.25) is 0 Å². The number of amides is 2. The van der Waals surface area contributed by atoms with Gasteiger partial charge >= 0.3 is 0 Å². The second-order valence-corrected chi connectivity index (χ2v) is 6.19. The van der Waals surface area contributed by atoms with Crippen LogP contribution in [0.4, 0.5) is 0 Å². The Morgan fingerprint density at radius 2 is 1.42 bits per heavy atom. The first-order valence-corrected chi connectivity index (χ1v) is 8.46. The van der Waals surface area contributed by atoms with Gasteiger partial charge in [0.25, 0.3) is 11.8 Å². The Kier molecular flexibility index (Phi) is 5.16. The van der Waals surface area contributed by atoms with E-state index in [2.05, 4.69) is 0 Å². The first-order valence-electron chi connectivity index (χ1n) is 8.46. The van der Waals surface area contributed by atoms with Crippen LogP contribution in [0.1, 0.15) is 20.7 Å². The summed E-state index contributed by atoms with van der Waals surface area (Å²) in [6.07, 6.45) is 3.65. The maximum Gasteiger partial charge on any atom is 0.261 e. The van der Waals surface area contributed by atoms with Gasteiger partial charge in [-0.3, -0.25) is 9.59 Å². The molecule has 1 aliphatic heterocycles. The largest absolute Gasteiger partial charge is 0.496 e. The number of aromatic nitrogens is 1. The molecule has 3 rings (SSSR count). The maximum absolute atomic E-state index is 13.0. The SMILES string of the molecule is COc1cccc(OC)c1C(=O)N1CCN(C(=O)c2ccn(C)c2)CC1. The number of ether oxygens (including phenoxy) is 2. The van der Waals surface area contributed by atoms with Crippen LogP contribution in [0.5, 0.6) is 11.5 Å². The molecule has 1 aromatic heterocycles. The molecule has 0 radical (unpaired) electrons. The highest BCUT2D eigenvalue weighted by atomic mass is 16.5. The summed E-state index contributed by atoms with van der Waals surface area (Å²) in [4.78, 5) is 29.0. The first-order chi connectivity index (χ1) is 12.5. The summed E-state index contributed by atoms with van der Waals surface area (Å²) in [7, 11) is 4.94. The molecule has 138 valence electrons. The number of carbonyl (C=O) groups excluding carboxylic acids is 2. The summed E-state index contributed by atoms with van der Waals surface area (Å²) in [5.74, 6) is 0.813. The third kappa shape index (κ3) is 3.37. The number of methoxy groups -OCH3 is 2. The zero-order valence-electron chi connectivity index (χ0n) is 15.3. The molecule has 0 unspecified atom stereocenters. The van der Waals surface area contributed by atoms with Crippen molar-refractivity contribution < 1.29 is 19.1 Å². The van der Waals surface area contributed by atoms with Gasteiger partial charge in [-0.1, -0.05) is 6.07 Å². The van der Waals surface area contributed by atoms with Gasteiger partial charge in [-0.15, -0.1) is 0 Å². The Morgan fingerprint density at radius 1 is 0.885 bits per heavy atom. The molecule has 0 saturated carbocycles. The Labute approximate surface area is 152 Å². The molecule has 2 heterocycles. The second-order valence-electron chi connectivity index (χ2n) is 6.19. The number of piperazine rings is 1. The smallest absolute Gasteiger partial charge is 0.261 e. The summed E-state index contributed by atoms with van der Waals surface area (Å²) in [5, 5.41) is 0. The molecule has 0 atom stereocenters. The normalized spacial score (nSPS) is 14.3. The zero-order valence-corrected chi connectivity index (χ0v) is 15.3. The average molecular weight is 357 g/mol. The van der Waals surface area contributed by atoms with Crippen molar-refractivity contribution in [2.45, 2.75) is 0 Å². The average Bonchev–Trinajstić information content (AvgIpc) is 3.12. The number of hydrogen-bond donors (Lipinski definition) is 0. The molecule has 0 aliphatic carbocycles. The van der Waals surface area contributed by atoms with Crippen LogP contribution in [0, 0.1) is 0 Å². The molecular formula is C19H23N3O4. The predicted molar refractivity (Wildman–Crippen MR) is 96.8 cm³/mol. The lowest BCUT2D eigenvalue weighted by atomic mass is 10.1. The molecule has 2 amide bonds. The summed E-state index contributed by atoms with van der Waals surface area (Å²) in [6, 6.07) is 7.07. The standard InChI is InChI=1S/C19H23N3O4/c1-20-8-7-14(13-20)18(23)21-9-11-22(12-10-21)19(24)17-15(25-2)5-4-6-16(17)26-3/h4-8,13H,9-12H2,1-3H3. The molecule has 0 bridgehead atoms. The topological polar surface area (TPSA) is 64.0 Å². The minimum Gasteiger partial charge on any atom is -0.496 e. The third-order valence-corrected chi connectivity index (χ3v) is 4.57. The molecule has 1 fully saturated rings. The molecule has 1 saturated heterocycles. The monoisotopic (exact) mass is 357 g/mol. The number of rotatable bonds is 4. The van der Waals surface area contributed by atoms with E-state index in [1.165, 1.54) is 14.2 Å². The predicted octanol–water partition coefficient (Wildman–Crippen LogP) is 1.64. The number of hydrogen-bond acceptors (Lipinski definition) is 4. The number of aryl methyl sites for hydroxylation is 1. The molecular weight excluding hydrogens is 334 g/mol. The lowest BCUT2D eigenvalue weighted by Crippen LogP contribution is -2.50. The van der Waals surface area contributed by atoms with Gasteiger partial charge in [0.15, 0.2) is 0 Å². The van der Waals surface area contributed by atoms with Crippen LogP contribution in [-0.2, 0) is 7.05 Å². The Hall–Kier alpha value is -2.96. The highest BCUT2D eigenvalue weighted by Gasteiger charge is 2.29. The third-order valence-electron chi connectivity index (χ3n) is 4.57. The summed E-state index contributed by atoms with van der Waals surface area (Å²) in [5.41, 5.74) is 1.08. The Morgan fingerprint density at radius 3 is 1.88 bits per heavy atom. The summed E-state index contributed by atoms with van der Waals surface area (Å²) < 4.78 is 12.5. The highest BCUT2D eigenvalue weighted by Crippen LogP contribution is 2.29. The van der Waals surface area contributed by atoms with Gasteiger partial charge in [0, 0.05) is 45.6 Å². The zero-order chi connectivity index (χ0) is 18.7. The van der Waals surface area contributed by atoms with Crippen molar-refractivity contribution in [1.29, 1.82) is 0 Å². The molecule has 2 aromatic rings. The van der Waals surface area contributed by atoms with E-state index in [0.29, 0.717) is 48.8 Å². The van der Waals surface area contributed by atoms with Crippen molar-refractivity contribution in [3.8, 4) is 11.5 Å². The summed E-state index contributed by atoms with van der Waals surface area (Å²) in [6.45, 7) is 1.94. The van der Waals surface area contributed by atoms with Crippen LogP contribution < -0.4 is 9.47 Å². The van der Waals surface area contributed by atoms with Gasteiger partial charge in [-0.25, -0.2) is 0 Å². The van der Waals surface area contributed by atoms with E-state index in [4.69, 9.17) is 9.47 Å². The van der Waals surface area contributed by atoms with Crippen molar-refractivity contribution in [1.82, 2.24) is 14.4 Å². The van der Waals surface area contributed by atoms with Crippen LogP contribution in [0.3, 0.4) is 0 Å². The van der Waals surface area contributed by atoms with Crippen molar-refractivity contribution in [2.24, 2.45) is 7.05 Å². The van der Waals surface area contributed by atoms with E-state index in [0.717, 1.165) is 0 Å². The molecule has 26 heavy (non-hydrogen) atoms. The minimum atomic E-state index is -0.147. The first kappa shape index (κ1) is 17.8. The molecule has 0 spiro atoms. The fourth-order valence-corrected chi connectivity index (χ4v) is 3.15.